The van der Waals surface area contributed by atoms with Crippen molar-refractivity contribution >= 4 is 17.8 Å². The van der Waals surface area contributed by atoms with Crippen LogP contribution in [0.1, 0.15) is 36.1 Å². The van der Waals surface area contributed by atoms with Gasteiger partial charge in [0, 0.05) is 13.6 Å². The van der Waals surface area contributed by atoms with E-state index in [0.29, 0.717) is 6.54 Å². The van der Waals surface area contributed by atoms with Gasteiger partial charge < -0.3 is 15.0 Å². The lowest BCUT2D eigenvalue weighted by molar-refractivity contribution is -0.155. The molecule has 0 aliphatic rings. The van der Waals surface area contributed by atoms with Gasteiger partial charge >= 0.3 is 5.97 Å². The van der Waals surface area contributed by atoms with Crippen LogP contribution in [0.2, 0.25) is 0 Å². The Bertz CT molecular complexity index is 909. The van der Waals surface area contributed by atoms with Crippen molar-refractivity contribution in [1.29, 1.82) is 0 Å². The molecule has 2 aromatic rings. The Morgan fingerprint density at radius 3 is 2.32 bits per heavy atom. The lowest BCUT2D eigenvalue weighted by Gasteiger charge is -2.22. The number of amides is 2. The minimum atomic E-state index is -0.811. The normalized spacial score (nSPS) is 11.7. The predicted octanol–water partition coefficient (Wildman–Crippen LogP) is 3.19. The van der Waals surface area contributed by atoms with Gasteiger partial charge in [0.15, 0.2) is 6.61 Å². The average Bonchev–Trinajstić information content (AvgIpc) is 2.72. The fourth-order valence-electron chi connectivity index (χ4n) is 3.20. The highest BCUT2D eigenvalue weighted by Crippen LogP contribution is 2.13. The maximum absolute atomic E-state index is 12.5. The zero-order valence-electron chi connectivity index (χ0n) is 19.0. The Hall–Kier alpha value is -3.15. The number of nitrogens with one attached hydrogen (secondary N) is 1. The van der Waals surface area contributed by atoms with E-state index in [1.165, 1.54) is 4.90 Å². The molecule has 0 unspecified atom stereocenters. The molecule has 1 atom stereocenters. The van der Waals surface area contributed by atoms with Crippen LogP contribution in [0.15, 0.2) is 48.5 Å². The summed E-state index contributed by atoms with van der Waals surface area (Å²) in [5.74, 6) is -1.34. The van der Waals surface area contributed by atoms with Gasteiger partial charge in [-0.05, 0) is 36.5 Å². The topological polar surface area (TPSA) is 75.7 Å². The van der Waals surface area contributed by atoms with Crippen LogP contribution in [-0.4, -0.2) is 42.4 Å². The second-order valence-corrected chi connectivity index (χ2v) is 8.24. The van der Waals surface area contributed by atoms with Crippen LogP contribution in [0, 0.1) is 19.8 Å². The molecule has 166 valence electrons. The molecular weight excluding hydrogens is 392 g/mol. The molecule has 2 aromatic carbocycles. The molecule has 0 aliphatic carbocycles. The quantitative estimate of drug-likeness (QED) is 0.628. The van der Waals surface area contributed by atoms with E-state index in [9.17, 15) is 14.4 Å². The average molecular weight is 425 g/mol. The molecule has 2 rings (SSSR count). The molecule has 0 spiro atoms. The third-order valence-corrected chi connectivity index (χ3v) is 5.11. The van der Waals surface area contributed by atoms with Crippen molar-refractivity contribution < 1.29 is 19.1 Å². The highest BCUT2D eigenvalue weighted by molar-refractivity contribution is 5.87. The Morgan fingerprint density at radius 2 is 1.71 bits per heavy atom. The number of benzene rings is 2. The van der Waals surface area contributed by atoms with Gasteiger partial charge in [0.2, 0.25) is 5.91 Å². The third kappa shape index (κ3) is 7.55. The molecule has 6 heteroatoms. The van der Waals surface area contributed by atoms with Crippen molar-refractivity contribution in [2.75, 3.05) is 13.7 Å². The maximum atomic E-state index is 12.5. The van der Waals surface area contributed by atoms with Crippen molar-refractivity contribution in [1.82, 2.24) is 10.2 Å². The minimum absolute atomic E-state index is 0.171. The van der Waals surface area contributed by atoms with Gasteiger partial charge in [-0.15, -0.1) is 0 Å². The minimum Gasteiger partial charge on any atom is -0.454 e. The zero-order chi connectivity index (χ0) is 23.0. The van der Waals surface area contributed by atoms with E-state index in [4.69, 9.17) is 4.74 Å². The fraction of sp³-hybridized carbons (Fsp3) is 0.400. The van der Waals surface area contributed by atoms with Gasteiger partial charge in [0.05, 0.1) is 6.42 Å². The summed E-state index contributed by atoms with van der Waals surface area (Å²) in [7, 11) is 1.68. The summed E-state index contributed by atoms with van der Waals surface area (Å²) >= 11 is 0. The van der Waals surface area contributed by atoms with Crippen LogP contribution >= 0.6 is 0 Å². The summed E-state index contributed by atoms with van der Waals surface area (Å²) in [5, 5.41) is 2.73. The number of carbonyl (C=O) groups is 3. The lowest BCUT2D eigenvalue weighted by atomic mass is 10.0. The van der Waals surface area contributed by atoms with Crippen molar-refractivity contribution in [2.45, 2.75) is 46.7 Å². The van der Waals surface area contributed by atoms with Gasteiger partial charge in [0.25, 0.3) is 5.91 Å². The largest absolute Gasteiger partial charge is 0.454 e. The van der Waals surface area contributed by atoms with E-state index in [0.717, 1.165) is 22.3 Å². The second-order valence-electron chi connectivity index (χ2n) is 8.24. The molecule has 6 nitrogen and oxygen atoms in total. The lowest BCUT2D eigenvalue weighted by Crippen LogP contribution is -2.46. The molecular formula is C25H32N2O4. The molecule has 31 heavy (non-hydrogen) atoms. The van der Waals surface area contributed by atoms with Crippen LogP contribution in [0.3, 0.4) is 0 Å². The number of hydrogen-bond acceptors (Lipinski definition) is 4. The summed E-state index contributed by atoms with van der Waals surface area (Å²) in [5.41, 5.74) is 4.18. The number of likely N-dealkylation sites (N-methyl/N-ethyl adjacent to an activating group) is 1. The fourth-order valence-corrected chi connectivity index (χ4v) is 3.20. The molecule has 0 aromatic heterocycles. The maximum Gasteiger partial charge on any atom is 0.329 e. The summed E-state index contributed by atoms with van der Waals surface area (Å²) < 4.78 is 5.24. The smallest absolute Gasteiger partial charge is 0.329 e. The number of ether oxygens (including phenoxy) is 1. The highest BCUT2D eigenvalue weighted by atomic mass is 16.5. The molecule has 0 saturated heterocycles. The first-order valence-corrected chi connectivity index (χ1v) is 10.5. The monoisotopic (exact) mass is 424 g/mol. The number of carbonyl (C=O) groups excluding carboxylic acids is 3. The SMILES string of the molecule is Cc1ccc(CN(C)C(=O)COC(=O)[C@@H](NC(=O)Cc2ccccc2)C(C)C)c(C)c1. The van der Waals surface area contributed by atoms with Crippen molar-refractivity contribution in [3.05, 3.63) is 70.8 Å². The summed E-state index contributed by atoms with van der Waals surface area (Å²) in [4.78, 5) is 38.9. The first-order chi connectivity index (χ1) is 14.7. The first kappa shape index (κ1) is 24.1. The Labute approximate surface area is 184 Å². The zero-order valence-corrected chi connectivity index (χ0v) is 19.0. The van der Waals surface area contributed by atoms with Crippen LogP contribution < -0.4 is 5.32 Å². The molecule has 0 aliphatic heterocycles. The van der Waals surface area contributed by atoms with Crippen LogP contribution in [-0.2, 0) is 32.1 Å². The van der Waals surface area contributed by atoms with E-state index in [1.807, 2.05) is 70.2 Å². The van der Waals surface area contributed by atoms with Crippen LogP contribution in [0.5, 0.6) is 0 Å². The standard InChI is InChI=1S/C25H32N2O4/c1-17(2)24(26-22(28)14-20-9-7-6-8-10-20)25(30)31-16-23(29)27(5)15-21-12-11-18(3)13-19(21)4/h6-13,17,24H,14-16H2,1-5H3,(H,26,28)/t24-/m0/s1. The number of rotatable bonds is 9. The van der Waals surface area contributed by atoms with Gasteiger partial charge in [-0.3, -0.25) is 9.59 Å². The van der Waals surface area contributed by atoms with Gasteiger partial charge in [-0.25, -0.2) is 4.79 Å². The van der Waals surface area contributed by atoms with Crippen LogP contribution in [0.25, 0.3) is 0 Å². The number of esters is 1. The van der Waals surface area contributed by atoms with E-state index < -0.39 is 12.0 Å². The molecule has 0 fully saturated rings. The summed E-state index contributed by atoms with van der Waals surface area (Å²) in [6, 6.07) is 14.6. The molecule has 0 heterocycles. The highest BCUT2D eigenvalue weighted by Gasteiger charge is 2.26. The van der Waals surface area contributed by atoms with Crippen molar-refractivity contribution in [3.8, 4) is 0 Å². The molecule has 0 radical (unpaired) electrons. The van der Waals surface area contributed by atoms with Crippen molar-refractivity contribution in [2.24, 2.45) is 5.92 Å². The van der Waals surface area contributed by atoms with E-state index in [1.54, 1.807) is 7.05 Å². The predicted molar refractivity (Wildman–Crippen MR) is 120 cm³/mol. The van der Waals surface area contributed by atoms with Gasteiger partial charge in [-0.1, -0.05) is 67.9 Å². The Balaban J connectivity index is 1.88. The number of aryl methyl sites for hydroxylation is 2. The Morgan fingerprint density at radius 1 is 1.03 bits per heavy atom. The van der Waals surface area contributed by atoms with E-state index in [2.05, 4.69) is 11.4 Å². The number of nitrogens with zero attached hydrogens (tertiary/aromatic N) is 1. The van der Waals surface area contributed by atoms with Crippen LogP contribution in [0.4, 0.5) is 0 Å². The molecule has 2 amide bonds. The van der Waals surface area contributed by atoms with Gasteiger partial charge in [-0.2, -0.15) is 0 Å². The Kier molecular flexibility index (Phi) is 8.79. The van der Waals surface area contributed by atoms with E-state index >= 15 is 0 Å². The second kappa shape index (κ2) is 11.3. The molecule has 1 N–H and O–H groups in total. The number of hydrogen-bond donors (Lipinski definition) is 1. The first-order valence-electron chi connectivity index (χ1n) is 10.5. The van der Waals surface area contributed by atoms with E-state index in [-0.39, 0.29) is 30.8 Å². The third-order valence-electron chi connectivity index (χ3n) is 5.11. The molecule has 0 saturated carbocycles. The summed E-state index contributed by atoms with van der Waals surface area (Å²) in [6.45, 7) is 7.74. The van der Waals surface area contributed by atoms with Crippen molar-refractivity contribution in [3.63, 3.8) is 0 Å². The summed E-state index contributed by atoms with van der Waals surface area (Å²) in [6.07, 6.45) is 0.176. The molecule has 0 bridgehead atoms. The van der Waals surface area contributed by atoms with Gasteiger partial charge in [0.1, 0.15) is 6.04 Å².